The topological polar surface area (TPSA) is 3.24 Å². The molecule has 19 heavy (non-hydrogen) atoms. The van der Waals surface area contributed by atoms with Crippen LogP contribution in [0.5, 0.6) is 0 Å². The lowest BCUT2D eigenvalue weighted by atomic mass is 10.1. The van der Waals surface area contributed by atoms with Crippen LogP contribution in [0.25, 0.3) is 0 Å². The highest BCUT2D eigenvalue weighted by atomic mass is 127. The molecule has 0 unspecified atom stereocenters. The van der Waals surface area contributed by atoms with E-state index in [1.807, 2.05) is 0 Å². The van der Waals surface area contributed by atoms with Gasteiger partial charge in [0, 0.05) is 19.6 Å². The molecule has 3 heteroatoms. The molecular formula is C16H27IN2. The summed E-state index contributed by atoms with van der Waals surface area (Å²) in [4.78, 5) is 2.63. The minimum atomic E-state index is 0. The van der Waals surface area contributed by atoms with Crippen molar-refractivity contribution in [2.75, 3.05) is 45.8 Å². The maximum atomic E-state index is 2.63. The van der Waals surface area contributed by atoms with Gasteiger partial charge in [0.15, 0.2) is 0 Å². The summed E-state index contributed by atoms with van der Waals surface area (Å²) in [6.45, 7) is 13.7. The Morgan fingerprint density at radius 1 is 1.00 bits per heavy atom. The van der Waals surface area contributed by atoms with Crippen molar-refractivity contribution in [1.29, 1.82) is 0 Å². The number of hydrogen-bond donors (Lipinski definition) is 0. The highest BCUT2D eigenvalue weighted by molar-refractivity contribution is 5.14. The first-order valence-corrected chi connectivity index (χ1v) is 7.39. The molecule has 1 saturated heterocycles. The lowest BCUT2D eigenvalue weighted by Gasteiger charge is -2.43. The second-order valence-electron chi connectivity index (χ2n) is 5.50. The van der Waals surface area contributed by atoms with Gasteiger partial charge in [-0.3, -0.25) is 4.90 Å². The van der Waals surface area contributed by atoms with E-state index in [0.717, 1.165) is 0 Å². The van der Waals surface area contributed by atoms with Gasteiger partial charge in [-0.05, 0) is 25.8 Å². The smallest absolute Gasteiger partial charge is 0.0916 e. The van der Waals surface area contributed by atoms with Gasteiger partial charge in [0.2, 0.25) is 0 Å². The summed E-state index contributed by atoms with van der Waals surface area (Å²) in [5, 5.41) is 0. The van der Waals surface area contributed by atoms with Gasteiger partial charge in [-0.25, -0.2) is 0 Å². The Kier molecular flexibility index (Phi) is 7.32. The molecule has 0 bridgehead atoms. The molecule has 2 rings (SSSR count). The predicted octanol–water partition coefficient (Wildman–Crippen LogP) is -0.595. The van der Waals surface area contributed by atoms with Crippen LogP contribution in [0.15, 0.2) is 30.3 Å². The Balaban J connectivity index is 0.00000180. The number of quaternary nitrogens is 1. The highest BCUT2D eigenvalue weighted by Gasteiger charge is 2.29. The molecular weight excluding hydrogens is 347 g/mol. The molecule has 1 aliphatic heterocycles. The van der Waals surface area contributed by atoms with E-state index >= 15 is 0 Å². The number of rotatable bonds is 5. The molecule has 0 radical (unpaired) electrons. The van der Waals surface area contributed by atoms with Gasteiger partial charge in [-0.1, -0.05) is 30.3 Å². The average Bonchev–Trinajstić information content (AvgIpc) is 2.47. The predicted molar refractivity (Wildman–Crippen MR) is 77.7 cm³/mol. The fourth-order valence-electron chi connectivity index (χ4n) is 2.94. The number of piperazine rings is 1. The Hall–Kier alpha value is -0.130. The Morgan fingerprint density at radius 3 is 2.11 bits per heavy atom. The first-order valence-electron chi connectivity index (χ1n) is 7.39. The quantitative estimate of drug-likeness (QED) is 0.492. The van der Waals surface area contributed by atoms with Crippen LogP contribution in [0.1, 0.15) is 19.4 Å². The Morgan fingerprint density at radius 2 is 1.58 bits per heavy atom. The lowest BCUT2D eigenvalue weighted by Crippen LogP contribution is -3.00. The van der Waals surface area contributed by atoms with Crippen LogP contribution in [-0.2, 0) is 6.42 Å². The molecule has 1 aliphatic rings. The summed E-state index contributed by atoms with van der Waals surface area (Å²) in [6.07, 6.45) is 1.19. The Labute approximate surface area is 135 Å². The van der Waals surface area contributed by atoms with Crippen LogP contribution < -0.4 is 24.0 Å². The van der Waals surface area contributed by atoms with E-state index in [9.17, 15) is 0 Å². The molecule has 1 aromatic carbocycles. The van der Waals surface area contributed by atoms with Crippen molar-refractivity contribution in [3.8, 4) is 0 Å². The second kappa shape index (κ2) is 8.22. The van der Waals surface area contributed by atoms with E-state index in [2.05, 4.69) is 49.1 Å². The summed E-state index contributed by atoms with van der Waals surface area (Å²) in [5.74, 6) is 0. The summed E-state index contributed by atoms with van der Waals surface area (Å²) in [6, 6.07) is 10.9. The molecule has 0 spiro atoms. The molecule has 2 nitrogen and oxygen atoms in total. The maximum absolute atomic E-state index is 2.63. The summed E-state index contributed by atoms with van der Waals surface area (Å²) < 4.78 is 1.32. The van der Waals surface area contributed by atoms with Gasteiger partial charge in [0.05, 0.1) is 26.2 Å². The van der Waals surface area contributed by atoms with Gasteiger partial charge in [0.1, 0.15) is 0 Å². The van der Waals surface area contributed by atoms with Crippen LogP contribution in [0.2, 0.25) is 0 Å². The van der Waals surface area contributed by atoms with Crippen LogP contribution >= 0.6 is 0 Å². The zero-order valence-electron chi connectivity index (χ0n) is 12.3. The largest absolute Gasteiger partial charge is 1.00 e. The van der Waals surface area contributed by atoms with Crippen molar-refractivity contribution in [3.63, 3.8) is 0 Å². The second-order valence-corrected chi connectivity index (χ2v) is 5.50. The number of benzene rings is 1. The standard InChI is InChI=1S/C16H27N2.HI/c1-3-18(4-2)14-12-17(13-15-18)11-10-16-8-6-5-7-9-16;/h5-9H,3-4,10-15H2,1-2H3;1H/q+1;/p-1. The number of likely N-dealkylation sites (N-methyl/N-ethyl adjacent to an activating group) is 1. The molecule has 1 heterocycles. The van der Waals surface area contributed by atoms with Crippen LogP contribution in [0.3, 0.4) is 0 Å². The lowest BCUT2D eigenvalue weighted by molar-refractivity contribution is -0.928. The van der Waals surface area contributed by atoms with Gasteiger partial charge in [-0.2, -0.15) is 0 Å². The Bertz CT molecular complexity index is 339. The van der Waals surface area contributed by atoms with Crippen molar-refractivity contribution < 1.29 is 28.5 Å². The van der Waals surface area contributed by atoms with Gasteiger partial charge >= 0.3 is 0 Å². The van der Waals surface area contributed by atoms with Gasteiger partial charge < -0.3 is 28.5 Å². The van der Waals surface area contributed by atoms with Gasteiger partial charge in [0.25, 0.3) is 0 Å². The molecule has 0 saturated carbocycles. The fourth-order valence-corrected chi connectivity index (χ4v) is 2.94. The van der Waals surface area contributed by atoms with Crippen LogP contribution in [0, 0.1) is 0 Å². The molecule has 108 valence electrons. The summed E-state index contributed by atoms with van der Waals surface area (Å²) >= 11 is 0. The minimum absolute atomic E-state index is 0. The molecule has 0 aromatic heterocycles. The third-order valence-electron chi connectivity index (χ3n) is 4.68. The maximum Gasteiger partial charge on any atom is 0.0916 e. The van der Waals surface area contributed by atoms with Crippen LogP contribution in [-0.4, -0.2) is 55.2 Å². The van der Waals surface area contributed by atoms with E-state index < -0.39 is 0 Å². The fraction of sp³-hybridized carbons (Fsp3) is 0.625. The highest BCUT2D eigenvalue weighted by Crippen LogP contribution is 2.13. The van der Waals surface area contributed by atoms with Crippen molar-refractivity contribution >= 4 is 0 Å². The molecule has 0 N–H and O–H groups in total. The third kappa shape index (κ3) is 4.72. The average molecular weight is 374 g/mol. The van der Waals surface area contributed by atoms with E-state index in [4.69, 9.17) is 0 Å². The number of halogens is 1. The molecule has 0 amide bonds. The third-order valence-corrected chi connectivity index (χ3v) is 4.68. The molecule has 1 fully saturated rings. The summed E-state index contributed by atoms with van der Waals surface area (Å²) in [7, 11) is 0. The normalized spacial score (nSPS) is 18.8. The molecule has 0 aliphatic carbocycles. The van der Waals surface area contributed by atoms with Crippen molar-refractivity contribution in [2.24, 2.45) is 0 Å². The zero-order valence-corrected chi connectivity index (χ0v) is 14.5. The van der Waals surface area contributed by atoms with E-state index in [-0.39, 0.29) is 24.0 Å². The summed E-state index contributed by atoms with van der Waals surface area (Å²) in [5.41, 5.74) is 1.47. The molecule has 0 atom stereocenters. The zero-order chi connectivity index (χ0) is 12.8. The van der Waals surface area contributed by atoms with E-state index in [0.29, 0.717) is 0 Å². The van der Waals surface area contributed by atoms with E-state index in [1.54, 1.807) is 0 Å². The number of nitrogens with zero attached hydrogens (tertiary/aromatic N) is 2. The first-order chi connectivity index (χ1) is 8.78. The first kappa shape index (κ1) is 16.9. The number of hydrogen-bond acceptors (Lipinski definition) is 1. The minimum Gasteiger partial charge on any atom is -1.00 e. The van der Waals surface area contributed by atoms with Crippen molar-refractivity contribution in [1.82, 2.24) is 4.90 Å². The van der Waals surface area contributed by atoms with Crippen LogP contribution in [0.4, 0.5) is 0 Å². The van der Waals surface area contributed by atoms with Gasteiger partial charge in [-0.15, -0.1) is 0 Å². The molecule has 1 aromatic rings. The van der Waals surface area contributed by atoms with Crippen molar-refractivity contribution in [3.05, 3.63) is 35.9 Å². The SMILES string of the molecule is CC[N+]1(CC)CCN(CCc2ccccc2)CC1.[I-]. The van der Waals surface area contributed by atoms with E-state index in [1.165, 1.54) is 62.3 Å². The van der Waals surface area contributed by atoms with Crippen molar-refractivity contribution in [2.45, 2.75) is 20.3 Å². The monoisotopic (exact) mass is 374 g/mol.